The topological polar surface area (TPSA) is 67.2 Å². The van der Waals surface area contributed by atoms with Crippen LogP contribution in [0.25, 0.3) is 0 Å². The van der Waals surface area contributed by atoms with Gasteiger partial charge in [-0.25, -0.2) is 10.4 Å². The monoisotopic (exact) mass is 274 g/mol. The number of carbonyl (C=O) groups is 1. The van der Waals surface area contributed by atoms with Gasteiger partial charge in [-0.15, -0.1) is 11.3 Å². The summed E-state index contributed by atoms with van der Waals surface area (Å²) >= 11 is 1.53. The molecule has 0 bridgehead atoms. The molecule has 2 heterocycles. The molecule has 5 nitrogen and oxygen atoms in total. The van der Waals surface area contributed by atoms with Crippen LogP contribution in [0.1, 0.15) is 23.2 Å². The molecule has 98 valence electrons. The molecule has 1 amide bonds. The molecule has 0 aliphatic rings. The van der Waals surface area contributed by atoms with Gasteiger partial charge < -0.3 is 0 Å². The predicted octanol–water partition coefficient (Wildman–Crippen LogP) is 1.93. The lowest BCUT2D eigenvalue weighted by Crippen LogP contribution is -2.21. The van der Waals surface area contributed by atoms with Gasteiger partial charge in [0.05, 0.1) is 22.8 Å². The average Bonchev–Trinajstić information content (AvgIpc) is 2.82. The molecular formula is C13H14N4OS. The maximum absolute atomic E-state index is 11.7. The van der Waals surface area contributed by atoms with Crippen molar-refractivity contribution in [2.24, 2.45) is 5.10 Å². The molecular weight excluding hydrogens is 260 g/mol. The van der Waals surface area contributed by atoms with E-state index in [2.05, 4.69) is 20.5 Å². The summed E-state index contributed by atoms with van der Waals surface area (Å²) in [6.07, 6.45) is 3.64. The van der Waals surface area contributed by atoms with Crippen LogP contribution in [0.3, 0.4) is 0 Å². The minimum absolute atomic E-state index is 0.173. The van der Waals surface area contributed by atoms with Gasteiger partial charge in [-0.2, -0.15) is 5.10 Å². The van der Waals surface area contributed by atoms with Gasteiger partial charge in [0.15, 0.2) is 0 Å². The normalized spacial score (nSPS) is 11.4. The van der Waals surface area contributed by atoms with Crippen LogP contribution in [0.5, 0.6) is 0 Å². The van der Waals surface area contributed by atoms with Crippen LogP contribution in [0.2, 0.25) is 0 Å². The first-order valence-corrected chi connectivity index (χ1v) is 6.67. The fourth-order valence-corrected chi connectivity index (χ4v) is 2.09. The van der Waals surface area contributed by atoms with E-state index >= 15 is 0 Å². The van der Waals surface area contributed by atoms with E-state index in [-0.39, 0.29) is 12.3 Å². The molecule has 0 aliphatic heterocycles. The molecule has 0 radical (unpaired) electrons. The van der Waals surface area contributed by atoms with Crippen molar-refractivity contribution in [1.82, 2.24) is 15.4 Å². The van der Waals surface area contributed by atoms with Crippen molar-refractivity contribution in [3.05, 3.63) is 46.2 Å². The Morgan fingerprint density at radius 1 is 1.53 bits per heavy atom. The van der Waals surface area contributed by atoms with Crippen LogP contribution < -0.4 is 5.43 Å². The number of pyridine rings is 1. The van der Waals surface area contributed by atoms with E-state index in [1.54, 1.807) is 12.4 Å². The van der Waals surface area contributed by atoms with Crippen molar-refractivity contribution in [2.75, 3.05) is 0 Å². The van der Waals surface area contributed by atoms with E-state index in [1.807, 2.05) is 31.4 Å². The second-order valence-corrected chi connectivity index (χ2v) is 5.07. The lowest BCUT2D eigenvalue weighted by atomic mass is 10.2. The predicted molar refractivity (Wildman–Crippen MR) is 75.1 cm³/mol. The van der Waals surface area contributed by atoms with Crippen LogP contribution in [-0.4, -0.2) is 21.6 Å². The Kier molecular flexibility index (Phi) is 4.35. The number of thiazole rings is 1. The minimum atomic E-state index is -0.173. The van der Waals surface area contributed by atoms with Crippen molar-refractivity contribution >= 4 is 23.0 Å². The Labute approximate surface area is 115 Å². The highest BCUT2D eigenvalue weighted by Crippen LogP contribution is 2.08. The van der Waals surface area contributed by atoms with Gasteiger partial charge in [0.2, 0.25) is 5.91 Å². The number of amides is 1. The zero-order valence-corrected chi connectivity index (χ0v) is 11.6. The molecule has 2 aromatic rings. The van der Waals surface area contributed by atoms with Crippen LogP contribution in [-0.2, 0) is 11.2 Å². The van der Waals surface area contributed by atoms with Gasteiger partial charge in [0, 0.05) is 23.3 Å². The molecule has 0 spiro atoms. The van der Waals surface area contributed by atoms with E-state index < -0.39 is 0 Å². The number of hydrazone groups is 1. The number of aromatic nitrogens is 2. The van der Waals surface area contributed by atoms with Crippen molar-refractivity contribution in [1.29, 1.82) is 0 Å². The zero-order valence-electron chi connectivity index (χ0n) is 10.8. The Balaban J connectivity index is 1.93. The zero-order chi connectivity index (χ0) is 13.7. The minimum Gasteiger partial charge on any atom is -0.273 e. The smallest absolute Gasteiger partial charge is 0.246 e. The van der Waals surface area contributed by atoms with Crippen LogP contribution >= 0.6 is 11.3 Å². The third kappa shape index (κ3) is 3.96. The molecule has 0 saturated carbocycles. The Hall–Kier alpha value is -2.08. The standard InChI is InChI=1S/C13H14N4OS/c1-9(11-4-3-5-14-7-11)16-17-13(18)6-12-8-19-10(2)15-12/h3-5,7-8H,6H2,1-2H3,(H,17,18). The number of nitrogens with one attached hydrogen (secondary N) is 1. The molecule has 0 saturated heterocycles. The van der Waals surface area contributed by atoms with Gasteiger partial charge in [-0.05, 0) is 19.9 Å². The number of carbonyl (C=O) groups excluding carboxylic acids is 1. The summed E-state index contributed by atoms with van der Waals surface area (Å²) in [5.41, 5.74) is 4.90. The maximum atomic E-state index is 11.7. The largest absolute Gasteiger partial charge is 0.273 e. The molecule has 0 aliphatic carbocycles. The third-order valence-electron chi connectivity index (χ3n) is 2.44. The number of rotatable bonds is 4. The highest BCUT2D eigenvalue weighted by molar-refractivity contribution is 7.09. The number of aryl methyl sites for hydroxylation is 1. The van der Waals surface area contributed by atoms with Crippen molar-refractivity contribution < 1.29 is 4.79 Å². The highest BCUT2D eigenvalue weighted by atomic mass is 32.1. The molecule has 0 unspecified atom stereocenters. The van der Waals surface area contributed by atoms with Gasteiger partial charge in [-0.1, -0.05) is 6.07 Å². The van der Waals surface area contributed by atoms with Crippen molar-refractivity contribution in [3.63, 3.8) is 0 Å². The Morgan fingerprint density at radius 2 is 2.37 bits per heavy atom. The van der Waals surface area contributed by atoms with E-state index in [1.165, 1.54) is 11.3 Å². The molecule has 0 aromatic carbocycles. The molecule has 0 atom stereocenters. The van der Waals surface area contributed by atoms with Crippen LogP contribution in [0.4, 0.5) is 0 Å². The van der Waals surface area contributed by atoms with E-state index in [4.69, 9.17) is 0 Å². The lowest BCUT2D eigenvalue weighted by Gasteiger charge is -2.01. The van der Waals surface area contributed by atoms with E-state index in [9.17, 15) is 4.79 Å². The Morgan fingerprint density at radius 3 is 3.00 bits per heavy atom. The summed E-state index contributed by atoms with van der Waals surface area (Å²) in [4.78, 5) is 19.9. The van der Waals surface area contributed by atoms with Crippen LogP contribution in [0, 0.1) is 6.92 Å². The van der Waals surface area contributed by atoms with E-state index in [0.29, 0.717) is 0 Å². The second-order valence-electron chi connectivity index (χ2n) is 4.01. The highest BCUT2D eigenvalue weighted by Gasteiger charge is 2.05. The molecule has 2 aromatic heterocycles. The van der Waals surface area contributed by atoms with Gasteiger partial charge >= 0.3 is 0 Å². The second kappa shape index (κ2) is 6.19. The third-order valence-corrected chi connectivity index (χ3v) is 3.26. The fraction of sp³-hybridized carbons (Fsp3) is 0.231. The summed E-state index contributed by atoms with van der Waals surface area (Å²) in [7, 11) is 0. The molecule has 19 heavy (non-hydrogen) atoms. The quantitative estimate of drug-likeness (QED) is 0.684. The lowest BCUT2D eigenvalue weighted by molar-refractivity contribution is -0.120. The number of hydrogen-bond acceptors (Lipinski definition) is 5. The maximum Gasteiger partial charge on any atom is 0.246 e. The van der Waals surface area contributed by atoms with Gasteiger partial charge in [-0.3, -0.25) is 9.78 Å². The Bertz CT molecular complexity index is 592. The summed E-state index contributed by atoms with van der Waals surface area (Å²) < 4.78 is 0. The van der Waals surface area contributed by atoms with E-state index in [0.717, 1.165) is 22.0 Å². The van der Waals surface area contributed by atoms with Crippen molar-refractivity contribution in [3.8, 4) is 0 Å². The SMILES string of the molecule is CC(=NNC(=O)Cc1csc(C)n1)c1cccnc1. The average molecular weight is 274 g/mol. The first-order chi connectivity index (χ1) is 9.15. The van der Waals surface area contributed by atoms with Gasteiger partial charge in [0.25, 0.3) is 0 Å². The van der Waals surface area contributed by atoms with Gasteiger partial charge in [0.1, 0.15) is 0 Å². The molecule has 0 fully saturated rings. The summed E-state index contributed by atoms with van der Waals surface area (Å²) in [6.45, 7) is 3.74. The summed E-state index contributed by atoms with van der Waals surface area (Å²) in [5, 5.41) is 6.89. The molecule has 6 heteroatoms. The first-order valence-electron chi connectivity index (χ1n) is 5.79. The summed E-state index contributed by atoms with van der Waals surface area (Å²) in [5.74, 6) is -0.173. The first kappa shape index (κ1) is 13.4. The molecule has 1 N–H and O–H groups in total. The summed E-state index contributed by atoms with van der Waals surface area (Å²) in [6, 6.07) is 3.72. The molecule has 2 rings (SSSR count). The number of hydrogen-bond donors (Lipinski definition) is 1. The van der Waals surface area contributed by atoms with Crippen molar-refractivity contribution in [2.45, 2.75) is 20.3 Å². The fourth-order valence-electron chi connectivity index (χ4n) is 1.48. The van der Waals surface area contributed by atoms with Crippen LogP contribution in [0.15, 0.2) is 35.0 Å². The number of nitrogens with zero attached hydrogens (tertiary/aromatic N) is 3.